The van der Waals surface area contributed by atoms with E-state index in [4.69, 9.17) is 0 Å². The van der Waals surface area contributed by atoms with E-state index in [1.165, 1.54) is 12.1 Å². The van der Waals surface area contributed by atoms with Gasteiger partial charge in [0.2, 0.25) is 0 Å². The molecule has 3 heteroatoms. The van der Waals surface area contributed by atoms with Crippen LogP contribution in [0.3, 0.4) is 0 Å². The molecule has 0 saturated carbocycles. The highest BCUT2D eigenvalue weighted by atomic mass is 19.1. The van der Waals surface area contributed by atoms with Gasteiger partial charge >= 0.3 is 0 Å². The zero-order valence-corrected chi connectivity index (χ0v) is 11.0. The van der Waals surface area contributed by atoms with E-state index in [-0.39, 0.29) is 5.82 Å². The van der Waals surface area contributed by atoms with Gasteiger partial charge in [0.15, 0.2) is 0 Å². The molecule has 17 heavy (non-hydrogen) atoms. The summed E-state index contributed by atoms with van der Waals surface area (Å²) in [4.78, 5) is 0. The number of aliphatic hydroxyl groups is 1. The van der Waals surface area contributed by atoms with Crippen molar-refractivity contribution in [3.8, 4) is 0 Å². The predicted molar refractivity (Wildman–Crippen MR) is 68.5 cm³/mol. The van der Waals surface area contributed by atoms with Gasteiger partial charge in [0.05, 0.1) is 5.60 Å². The molecule has 0 aromatic heterocycles. The van der Waals surface area contributed by atoms with Crippen molar-refractivity contribution in [3.63, 3.8) is 0 Å². The van der Waals surface area contributed by atoms with Crippen LogP contribution < -0.4 is 5.32 Å². The minimum absolute atomic E-state index is 0.294. The Morgan fingerprint density at radius 1 is 1.35 bits per heavy atom. The molecule has 1 unspecified atom stereocenters. The fourth-order valence-corrected chi connectivity index (χ4v) is 1.80. The predicted octanol–water partition coefficient (Wildman–Crippen LogP) is 2.73. The van der Waals surface area contributed by atoms with Crippen LogP contribution >= 0.6 is 0 Å². The van der Waals surface area contributed by atoms with Crippen LogP contribution in [0, 0.1) is 12.7 Å². The third kappa shape index (κ3) is 4.44. The summed E-state index contributed by atoms with van der Waals surface area (Å²) in [5, 5.41) is 13.6. The van der Waals surface area contributed by atoms with E-state index in [1.54, 1.807) is 6.92 Å². The number of hydrogen-bond acceptors (Lipinski definition) is 2. The highest BCUT2D eigenvalue weighted by molar-refractivity contribution is 5.28. The summed E-state index contributed by atoms with van der Waals surface area (Å²) >= 11 is 0. The average Bonchev–Trinajstić information content (AvgIpc) is 2.14. The van der Waals surface area contributed by atoms with Gasteiger partial charge in [-0.2, -0.15) is 0 Å². The second-order valence-electron chi connectivity index (χ2n) is 5.15. The van der Waals surface area contributed by atoms with Gasteiger partial charge in [0.25, 0.3) is 0 Å². The summed E-state index contributed by atoms with van der Waals surface area (Å²) in [7, 11) is 0. The molecule has 1 rings (SSSR count). The SMILES string of the molecule is Cc1cc(F)cc(C(C)(O)CCNC(C)C)c1. The molecule has 0 radical (unpaired) electrons. The first-order chi connectivity index (χ1) is 7.81. The first-order valence-corrected chi connectivity index (χ1v) is 6.05. The van der Waals surface area contributed by atoms with E-state index in [9.17, 15) is 9.50 Å². The zero-order valence-electron chi connectivity index (χ0n) is 11.0. The van der Waals surface area contributed by atoms with Crippen LogP contribution in [0.25, 0.3) is 0 Å². The average molecular weight is 239 g/mol. The Balaban J connectivity index is 2.74. The molecule has 0 bridgehead atoms. The number of nitrogens with one attached hydrogen (secondary N) is 1. The molecule has 0 aliphatic rings. The maximum atomic E-state index is 13.3. The molecule has 96 valence electrons. The molecule has 0 amide bonds. The maximum Gasteiger partial charge on any atom is 0.123 e. The lowest BCUT2D eigenvalue weighted by Gasteiger charge is -2.25. The topological polar surface area (TPSA) is 32.3 Å². The quantitative estimate of drug-likeness (QED) is 0.828. The van der Waals surface area contributed by atoms with Gasteiger partial charge in [-0.05, 0) is 50.1 Å². The summed E-state index contributed by atoms with van der Waals surface area (Å²) < 4.78 is 13.3. The molecule has 0 aliphatic heterocycles. The van der Waals surface area contributed by atoms with Gasteiger partial charge in [-0.15, -0.1) is 0 Å². The lowest BCUT2D eigenvalue weighted by molar-refractivity contribution is 0.0471. The van der Waals surface area contributed by atoms with Crippen LogP contribution in [0.15, 0.2) is 18.2 Å². The minimum atomic E-state index is -0.991. The largest absolute Gasteiger partial charge is 0.385 e. The standard InChI is InChI=1S/C14H22FNO/c1-10(2)16-6-5-14(4,17)12-7-11(3)8-13(15)9-12/h7-10,16-17H,5-6H2,1-4H3. The normalized spacial score (nSPS) is 15.0. The van der Waals surface area contributed by atoms with E-state index in [0.717, 1.165) is 5.56 Å². The van der Waals surface area contributed by atoms with Crippen molar-refractivity contribution in [2.24, 2.45) is 0 Å². The Morgan fingerprint density at radius 2 is 2.00 bits per heavy atom. The highest BCUT2D eigenvalue weighted by Crippen LogP contribution is 2.25. The number of aryl methyl sites for hydroxylation is 1. The molecule has 1 atom stereocenters. The fourth-order valence-electron chi connectivity index (χ4n) is 1.80. The summed E-state index contributed by atoms with van der Waals surface area (Å²) in [6.45, 7) is 8.38. The molecule has 0 saturated heterocycles. The minimum Gasteiger partial charge on any atom is -0.385 e. The monoisotopic (exact) mass is 239 g/mol. The van der Waals surface area contributed by atoms with Crippen molar-refractivity contribution < 1.29 is 9.50 Å². The van der Waals surface area contributed by atoms with Crippen molar-refractivity contribution in [1.82, 2.24) is 5.32 Å². The van der Waals surface area contributed by atoms with Crippen molar-refractivity contribution in [3.05, 3.63) is 35.1 Å². The summed E-state index contributed by atoms with van der Waals surface area (Å²) in [5.74, 6) is -0.294. The third-order valence-electron chi connectivity index (χ3n) is 2.83. The Morgan fingerprint density at radius 3 is 2.53 bits per heavy atom. The first-order valence-electron chi connectivity index (χ1n) is 6.05. The lowest BCUT2D eigenvalue weighted by Crippen LogP contribution is -2.31. The van der Waals surface area contributed by atoms with Crippen molar-refractivity contribution in [2.75, 3.05) is 6.54 Å². The number of halogens is 1. The van der Waals surface area contributed by atoms with Gasteiger partial charge in [0, 0.05) is 6.04 Å². The van der Waals surface area contributed by atoms with Crippen molar-refractivity contribution >= 4 is 0 Å². The number of benzene rings is 1. The molecule has 1 aromatic rings. The van der Waals surface area contributed by atoms with Gasteiger partial charge in [-0.25, -0.2) is 4.39 Å². The zero-order chi connectivity index (χ0) is 13.1. The van der Waals surface area contributed by atoms with Crippen LogP contribution in [0.4, 0.5) is 4.39 Å². The molecule has 0 spiro atoms. The van der Waals surface area contributed by atoms with Crippen LogP contribution in [0.1, 0.15) is 38.3 Å². The van der Waals surface area contributed by atoms with Gasteiger partial charge in [-0.1, -0.05) is 19.9 Å². The summed E-state index contributed by atoms with van der Waals surface area (Å²) in [5.41, 5.74) is 0.479. The van der Waals surface area contributed by atoms with Crippen LogP contribution in [-0.2, 0) is 5.60 Å². The summed E-state index contributed by atoms with van der Waals surface area (Å²) in [6, 6.07) is 5.09. The molecular weight excluding hydrogens is 217 g/mol. The third-order valence-corrected chi connectivity index (χ3v) is 2.83. The van der Waals surface area contributed by atoms with Crippen LogP contribution in [0.5, 0.6) is 0 Å². The fraction of sp³-hybridized carbons (Fsp3) is 0.571. The molecule has 0 heterocycles. The van der Waals surface area contributed by atoms with E-state index < -0.39 is 5.60 Å². The lowest BCUT2D eigenvalue weighted by atomic mass is 9.91. The Kier molecular flexibility index (Phi) is 4.66. The maximum absolute atomic E-state index is 13.3. The van der Waals surface area contributed by atoms with Crippen molar-refractivity contribution in [1.29, 1.82) is 0 Å². The van der Waals surface area contributed by atoms with Gasteiger partial charge in [0.1, 0.15) is 5.82 Å². The second-order valence-corrected chi connectivity index (χ2v) is 5.15. The van der Waals surface area contributed by atoms with Crippen LogP contribution in [0.2, 0.25) is 0 Å². The molecule has 1 aromatic carbocycles. The van der Waals surface area contributed by atoms with Gasteiger partial charge in [-0.3, -0.25) is 0 Å². The second kappa shape index (κ2) is 5.61. The van der Waals surface area contributed by atoms with Gasteiger partial charge < -0.3 is 10.4 Å². The molecule has 2 N–H and O–H groups in total. The Labute approximate surface area is 103 Å². The molecule has 0 fully saturated rings. The molecular formula is C14H22FNO. The molecule has 0 aliphatic carbocycles. The van der Waals surface area contributed by atoms with E-state index in [0.29, 0.717) is 24.6 Å². The Hall–Kier alpha value is -0.930. The van der Waals surface area contributed by atoms with E-state index in [1.807, 2.05) is 13.0 Å². The smallest absolute Gasteiger partial charge is 0.123 e. The Bertz CT molecular complexity index is 354. The number of rotatable bonds is 5. The highest BCUT2D eigenvalue weighted by Gasteiger charge is 2.23. The first kappa shape index (κ1) is 14.1. The van der Waals surface area contributed by atoms with E-state index >= 15 is 0 Å². The number of hydrogen-bond donors (Lipinski definition) is 2. The van der Waals surface area contributed by atoms with Crippen molar-refractivity contribution in [2.45, 2.75) is 45.8 Å². The summed E-state index contributed by atoms with van der Waals surface area (Å²) in [6.07, 6.45) is 0.564. The van der Waals surface area contributed by atoms with E-state index in [2.05, 4.69) is 19.2 Å². The molecule has 2 nitrogen and oxygen atoms in total. The van der Waals surface area contributed by atoms with Crippen LogP contribution in [-0.4, -0.2) is 17.7 Å².